The van der Waals surface area contributed by atoms with E-state index in [0.29, 0.717) is 12.0 Å². The quantitative estimate of drug-likeness (QED) is 0.452. The third-order valence-corrected chi connectivity index (χ3v) is 8.78. The summed E-state index contributed by atoms with van der Waals surface area (Å²) in [6.45, 7) is 12.2. The highest BCUT2D eigenvalue weighted by Gasteiger charge is 2.84. The third kappa shape index (κ3) is 2.10. The third-order valence-electron chi connectivity index (χ3n) is 7.00. The molecule has 0 radical (unpaired) electrons. The van der Waals surface area contributed by atoms with Gasteiger partial charge in [0.15, 0.2) is 0 Å². The highest BCUT2D eigenvalue weighted by atomic mass is 32.2. The van der Waals surface area contributed by atoms with Crippen LogP contribution in [0.3, 0.4) is 0 Å². The Kier molecular flexibility index (Phi) is 3.73. The smallest absolute Gasteiger partial charge is 0.326 e. The monoisotopic (exact) mass is 371 g/mol. The van der Waals surface area contributed by atoms with Crippen LogP contribution in [0.5, 0.6) is 0 Å². The summed E-state index contributed by atoms with van der Waals surface area (Å²) in [7, 11) is -3.68. The van der Waals surface area contributed by atoms with Gasteiger partial charge in [0.1, 0.15) is 17.7 Å². The van der Waals surface area contributed by atoms with Gasteiger partial charge < -0.3 is 10.1 Å². The summed E-state index contributed by atoms with van der Waals surface area (Å²) < 4.78 is 36.1. The topological polar surface area (TPSA) is 98.8 Å². The van der Waals surface area contributed by atoms with Crippen LogP contribution in [-0.4, -0.2) is 43.3 Å². The van der Waals surface area contributed by atoms with Crippen molar-refractivity contribution in [2.75, 3.05) is 6.54 Å². The summed E-state index contributed by atoms with van der Waals surface area (Å²) in [6, 6.07) is 0. The van der Waals surface area contributed by atoms with Crippen molar-refractivity contribution in [3.8, 4) is 0 Å². The Morgan fingerprint density at radius 1 is 1.32 bits per heavy atom. The predicted octanol–water partition coefficient (Wildman–Crippen LogP) is 1.14. The maximum Gasteiger partial charge on any atom is 0.326 e. The van der Waals surface area contributed by atoms with E-state index in [4.69, 9.17) is 8.92 Å². The second-order valence-corrected chi connectivity index (χ2v) is 9.89. The highest BCUT2D eigenvalue weighted by Crippen LogP contribution is 2.74. The Morgan fingerprint density at radius 3 is 2.48 bits per heavy atom. The number of fused-ring (bicyclic) bond motifs is 1. The molecule has 3 fully saturated rings. The molecule has 1 amide bonds. The van der Waals surface area contributed by atoms with Crippen LogP contribution in [0.15, 0.2) is 12.2 Å². The zero-order chi connectivity index (χ0) is 19.0. The van der Waals surface area contributed by atoms with Crippen molar-refractivity contribution in [1.29, 1.82) is 0 Å². The Hall–Kier alpha value is -1.41. The van der Waals surface area contributed by atoms with Crippen molar-refractivity contribution in [2.24, 2.45) is 17.3 Å². The molecule has 1 aliphatic heterocycles. The van der Waals surface area contributed by atoms with Gasteiger partial charge in [-0.1, -0.05) is 20.4 Å². The van der Waals surface area contributed by atoms with E-state index in [0.717, 1.165) is 0 Å². The van der Waals surface area contributed by atoms with Crippen molar-refractivity contribution in [2.45, 2.75) is 57.5 Å². The van der Waals surface area contributed by atoms with E-state index in [2.05, 4.69) is 11.9 Å². The van der Waals surface area contributed by atoms with Crippen LogP contribution >= 0.6 is 0 Å². The highest BCUT2D eigenvalue weighted by molar-refractivity contribution is 7.87. The minimum Gasteiger partial charge on any atom is -0.454 e. The molecule has 8 heteroatoms. The Morgan fingerprint density at radius 2 is 1.92 bits per heavy atom. The molecule has 2 bridgehead atoms. The van der Waals surface area contributed by atoms with E-state index in [9.17, 15) is 18.0 Å². The van der Waals surface area contributed by atoms with Crippen molar-refractivity contribution in [1.82, 2.24) is 5.32 Å². The van der Waals surface area contributed by atoms with E-state index < -0.39 is 43.9 Å². The maximum atomic E-state index is 12.4. The molecule has 1 heterocycles. The molecule has 6 unspecified atom stereocenters. The van der Waals surface area contributed by atoms with Crippen LogP contribution in [0, 0.1) is 17.3 Å². The van der Waals surface area contributed by atoms with Crippen molar-refractivity contribution in [3.63, 3.8) is 0 Å². The molecule has 7 nitrogen and oxygen atoms in total. The molecule has 0 aromatic carbocycles. The summed E-state index contributed by atoms with van der Waals surface area (Å²) >= 11 is 0. The molecule has 0 aromatic heterocycles. The number of nitrogens with one attached hydrogen (secondary N) is 1. The summed E-state index contributed by atoms with van der Waals surface area (Å²) in [4.78, 5) is 23.9. The number of esters is 1. The number of amides is 1. The van der Waals surface area contributed by atoms with Gasteiger partial charge in [-0.2, -0.15) is 8.42 Å². The van der Waals surface area contributed by atoms with Gasteiger partial charge >= 0.3 is 5.97 Å². The summed E-state index contributed by atoms with van der Waals surface area (Å²) in [5.74, 6) is -1.24. The molecule has 3 rings (SSSR count). The molecular weight excluding hydrogens is 346 g/mol. The first kappa shape index (κ1) is 18.4. The fourth-order valence-corrected chi connectivity index (χ4v) is 7.58. The average molecular weight is 371 g/mol. The largest absolute Gasteiger partial charge is 0.454 e. The van der Waals surface area contributed by atoms with Crippen LogP contribution in [0.1, 0.15) is 41.0 Å². The lowest BCUT2D eigenvalue weighted by Crippen LogP contribution is -2.61. The van der Waals surface area contributed by atoms with Crippen molar-refractivity contribution >= 4 is 22.0 Å². The van der Waals surface area contributed by atoms with E-state index in [1.54, 1.807) is 20.8 Å². The number of carbonyl (C=O) groups is 2. The number of ether oxygens (including phenoxy) is 1. The lowest BCUT2D eigenvalue weighted by atomic mass is 9.65. The zero-order valence-corrected chi connectivity index (χ0v) is 16.0. The fourth-order valence-electron chi connectivity index (χ4n) is 5.30. The summed E-state index contributed by atoms with van der Waals surface area (Å²) in [5, 5.41) is 1.89. The van der Waals surface area contributed by atoms with Crippen molar-refractivity contribution < 1.29 is 26.9 Å². The zero-order valence-electron chi connectivity index (χ0n) is 15.2. The fraction of sp³-hybridized carbons (Fsp3) is 0.765. The van der Waals surface area contributed by atoms with Crippen LogP contribution < -0.4 is 5.32 Å². The molecule has 2 aliphatic carbocycles. The lowest BCUT2D eigenvalue weighted by Gasteiger charge is -2.48. The Balaban J connectivity index is 1.87. The molecule has 1 N–H and O–H groups in total. The van der Waals surface area contributed by atoms with E-state index in [1.165, 1.54) is 0 Å². The Bertz CT molecular complexity index is 776. The molecule has 25 heavy (non-hydrogen) atoms. The second kappa shape index (κ2) is 5.07. The van der Waals surface area contributed by atoms with Gasteiger partial charge in [0.05, 0.1) is 5.25 Å². The normalized spacial score (nSPS) is 46.0. The Labute approximate surface area is 148 Å². The van der Waals surface area contributed by atoms with E-state index in [1.807, 2.05) is 13.8 Å². The van der Waals surface area contributed by atoms with Gasteiger partial charge in [0, 0.05) is 16.9 Å². The molecule has 1 saturated heterocycles. The standard InChI is InChI=1S/C17H25NO6S/c1-9(2)14(20)18-8-12(19)23-17(6)15(4)7-11-13(10(15)3)16(17,5)24-25(11,21)22/h10-11,13H,1,7-8H2,2-6H3,(H,18,20). The SMILES string of the molecule is C=C(C)C(=O)NCC(=O)OC1(C)C2(C)CC3C(C2C)C1(C)OS3(=O)=O. The van der Waals surface area contributed by atoms with Gasteiger partial charge in [-0.05, 0) is 33.1 Å². The second-order valence-electron chi connectivity index (χ2n) is 8.13. The first-order valence-corrected chi connectivity index (χ1v) is 9.87. The molecular formula is C17H25NO6S. The summed E-state index contributed by atoms with van der Waals surface area (Å²) in [5.41, 5.74) is -2.43. The lowest BCUT2D eigenvalue weighted by molar-refractivity contribution is -0.202. The molecule has 140 valence electrons. The van der Waals surface area contributed by atoms with Gasteiger partial charge in [-0.3, -0.25) is 13.8 Å². The first-order chi connectivity index (χ1) is 11.3. The van der Waals surface area contributed by atoms with Crippen molar-refractivity contribution in [3.05, 3.63) is 12.2 Å². The van der Waals surface area contributed by atoms with Crippen LogP contribution in [-0.2, 0) is 28.6 Å². The van der Waals surface area contributed by atoms with Crippen LogP contribution in [0.2, 0.25) is 0 Å². The van der Waals surface area contributed by atoms with Crippen LogP contribution in [0.4, 0.5) is 0 Å². The number of rotatable bonds is 4. The molecule has 0 aromatic rings. The molecule has 3 aliphatic rings. The molecule has 2 saturated carbocycles. The van der Waals surface area contributed by atoms with E-state index >= 15 is 0 Å². The number of carbonyl (C=O) groups excluding carboxylic acids is 2. The maximum absolute atomic E-state index is 12.4. The molecule has 6 atom stereocenters. The number of hydrogen-bond donors (Lipinski definition) is 1. The minimum absolute atomic E-state index is 0.0302. The average Bonchev–Trinajstić information content (AvgIpc) is 2.90. The van der Waals surface area contributed by atoms with Gasteiger partial charge in [-0.15, -0.1) is 0 Å². The molecule has 0 spiro atoms. The predicted molar refractivity (Wildman–Crippen MR) is 89.9 cm³/mol. The van der Waals surface area contributed by atoms with E-state index in [-0.39, 0.29) is 18.4 Å². The van der Waals surface area contributed by atoms with Gasteiger partial charge in [0.2, 0.25) is 5.91 Å². The van der Waals surface area contributed by atoms with Crippen LogP contribution in [0.25, 0.3) is 0 Å². The summed E-state index contributed by atoms with van der Waals surface area (Å²) in [6.07, 6.45) is 0.401. The number of hydrogen-bond acceptors (Lipinski definition) is 6. The first-order valence-electron chi connectivity index (χ1n) is 8.40. The van der Waals surface area contributed by atoms with Gasteiger partial charge in [-0.25, -0.2) is 0 Å². The minimum atomic E-state index is -3.68. The van der Waals surface area contributed by atoms with Gasteiger partial charge in [0.25, 0.3) is 10.1 Å².